The average molecular weight is 381 g/mol. The molecule has 0 fully saturated rings. The van der Waals surface area contributed by atoms with Crippen LogP contribution in [0.15, 0.2) is 59.1 Å². The molecule has 1 N–H and O–H groups in total. The molecule has 0 spiro atoms. The maximum Gasteiger partial charge on any atom is 0.220 e. The highest BCUT2D eigenvalue weighted by Crippen LogP contribution is 2.28. The molecule has 1 amide bonds. The van der Waals surface area contributed by atoms with Crippen molar-refractivity contribution >= 4 is 17.5 Å². The minimum Gasteiger partial charge on any atom is -0.441 e. The minimum atomic E-state index is 0.0388. The lowest BCUT2D eigenvalue weighted by molar-refractivity contribution is -0.121. The number of oxazole rings is 1. The van der Waals surface area contributed by atoms with E-state index < -0.39 is 0 Å². The summed E-state index contributed by atoms with van der Waals surface area (Å²) in [6, 6.07) is 16.1. The van der Waals surface area contributed by atoms with Gasteiger partial charge in [-0.25, -0.2) is 4.98 Å². The number of hydrogen-bond donors (Lipinski definition) is 1. The van der Waals surface area contributed by atoms with Crippen molar-refractivity contribution in [2.75, 3.05) is 0 Å². The van der Waals surface area contributed by atoms with Crippen LogP contribution in [0.3, 0.4) is 0 Å². The van der Waals surface area contributed by atoms with Crippen molar-refractivity contribution in [1.29, 1.82) is 0 Å². The number of benzene rings is 2. The van der Waals surface area contributed by atoms with Crippen LogP contribution in [0.2, 0.25) is 5.02 Å². The predicted molar refractivity (Wildman–Crippen MR) is 106 cm³/mol. The van der Waals surface area contributed by atoms with Gasteiger partial charge in [-0.15, -0.1) is 0 Å². The molecule has 1 unspecified atom stereocenters. The lowest BCUT2D eigenvalue weighted by atomic mass is 9.88. The van der Waals surface area contributed by atoms with Crippen LogP contribution in [0.25, 0.3) is 11.3 Å². The number of rotatable bonds is 5. The fraction of sp³-hybridized carbons (Fsp3) is 0.273. The maximum absolute atomic E-state index is 12.3. The molecule has 27 heavy (non-hydrogen) atoms. The number of halogens is 1. The minimum absolute atomic E-state index is 0.0388. The van der Waals surface area contributed by atoms with Gasteiger partial charge in [-0.1, -0.05) is 48.0 Å². The molecule has 1 aromatic heterocycles. The number of aryl methyl sites for hydroxylation is 2. The zero-order valence-corrected chi connectivity index (χ0v) is 15.7. The van der Waals surface area contributed by atoms with Crippen molar-refractivity contribution in [2.45, 2.75) is 38.1 Å². The van der Waals surface area contributed by atoms with E-state index in [0.717, 1.165) is 24.8 Å². The van der Waals surface area contributed by atoms with Crippen LogP contribution >= 0.6 is 11.6 Å². The standard InChI is InChI=1S/C22H21ClN2O2/c23-19-8-4-3-7-18(19)20-14-24-22(27-20)12-11-21(26)25-17-10-9-15-5-1-2-6-16(15)13-17/h1-8,14,17H,9-13H2,(H,25,26). The van der Waals surface area contributed by atoms with Crippen molar-refractivity contribution < 1.29 is 9.21 Å². The van der Waals surface area contributed by atoms with Gasteiger partial charge in [-0.05, 0) is 42.5 Å². The zero-order chi connectivity index (χ0) is 18.6. The van der Waals surface area contributed by atoms with E-state index in [2.05, 4.69) is 34.6 Å². The van der Waals surface area contributed by atoms with Gasteiger partial charge in [-0.2, -0.15) is 0 Å². The third-order valence-electron chi connectivity index (χ3n) is 4.97. The maximum atomic E-state index is 12.3. The number of nitrogens with zero attached hydrogens (tertiary/aromatic N) is 1. The molecule has 1 aliphatic carbocycles. The van der Waals surface area contributed by atoms with Gasteiger partial charge in [0, 0.05) is 24.4 Å². The summed E-state index contributed by atoms with van der Waals surface area (Å²) in [4.78, 5) is 16.6. The topological polar surface area (TPSA) is 55.1 Å². The van der Waals surface area contributed by atoms with E-state index in [9.17, 15) is 4.79 Å². The normalized spacial score (nSPS) is 16.0. The first-order valence-electron chi connectivity index (χ1n) is 9.25. The molecular weight excluding hydrogens is 360 g/mol. The Balaban J connectivity index is 1.31. The van der Waals surface area contributed by atoms with E-state index in [4.69, 9.17) is 16.0 Å². The summed E-state index contributed by atoms with van der Waals surface area (Å²) < 4.78 is 5.76. The van der Waals surface area contributed by atoms with Crippen LogP contribution < -0.4 is 5.32 Å². The molecule has 0 bridgehead atoms. The van der Waals surface area contributed by atoms with Crippen LogP contribution in [0.5, 0.6) is 0 Å². The van der Waals surface area contributed by atoms with Crippen LogP contribution in [0.4, 0.5) is 0 Å². The van der Waals surface area contributed by atoms with Crippen LogP contribution in [-0.2, 0) is 24.1 Å². The molecule has 2 aromatic carbocycles. The van der Waals surface area contributed by atoms with Crippen molar-refractivity contribution in [2.24, 2.45) is 0 Å². The monoisotopic (exact) mass is 380 g/mol. The van der Waals surface area contributed by atoms with Crippen molar-refractivity contribution in [3.63, 3.8) is 0 Å². The summed E-state index contributed by atoms with van der Waals surface area (Å²) in [5, 5.41) is 3.77. The van der Waals surface area contributed by atoms with Crippen molar-refractivity contribution in [3.05, 3.63) is 76.8 Å². The third kappa shape index (κ3) is 4.22. The second kappa shape index (κ2) is 7.97. The first-order chi connectivity index (χ1) is 13.2. The van der Waals surface area contributed by atoms with Gasteiger partial charge in [0.1, 0.15) is 0 Å². The van der Waals surface area contributed by atoms with Gasteiger partial charge in [0.2, 0.25) is 5.91 Å². The molecule has 3 aromatic rings. The van der Waals surface area contributed by atoms with Crippen LogP contribution in [-0.4, -0.2) is 16.9 Å². The molecule has 1 aliphatic rings. The summed E-state index contributed by atoms with van der Waals surface area (Å²) >= 11 is 6.19. The van der Waals surface area contributed by atoms with Gasteiger partial charge in [-0.3, -0.25) is 4.79 Å². The number of hydrogen-bond acceptors (Lipinski definition) is 3. The highest BCUT2D eigenvalue weighted by molar-refractivity contribution is 6.33. The summed E-state index contributed by atoms with van der Waals surface area (Å²) in [5.74, 6) is 1.21. The van der Waals surface area contributed by atoms with E-state index in [0.29, 0.717) is 29.5 Å². The highest BCUT2D eigenvalue weighted by atomic mass is 35.5. The second-order valence-electron chi connectivity index (χ2n) is 6.87. The number of carbonyl (C=O) groups excluding carboxylic acids is 1. The molecular formula is C22H21ClN2O2. The fourth-order valence-corrected chi connectivity index (χ4v) is 3.78. The van der Waals surface area contributed by atoms with Crippen LogP contribution in [0, 0.1) is 0 Å². The van der Waals surface area contributed by atoms with E-state index >= 15 is 0 Å². The lowest BCUT2D eigenvalue weighted by Crippen LogP contribution is -2.38. The largest absolute Gasteiger partial charge is 0.441 e. The van der Waals surface area contributed by atoms with Gasteiger partial charge < -0.3 is 9.73 Å². The molecule has 0 saturated carbocycles. The quantitative estimate of drug-likeness (QED) is 0.703. The SMILES string of the molecule is O=C(CCc1ncc(-c2ccccc2Cl)o1)NC1CCc2ccccc2C1. The number of carbonyl (C=O) groups is 1. The average Bonchev–Trinajstić information content (AvgIpc) is 3.15. The van der Waals surface area contributed by atoms with Crippen molar-refractivity contribution in [3.8, 4) is 11.3 Å². The second-order valence-corrected chi connectivity index (χ2v) is 7.28. The third-order valence-corrected chi connectivity index (χ3v) is 5.30. The Labute approximate surface area is 163 Å². The molecule has 5 heteroatoms. The number of aromatic nitrogens is 1. The van der Waals surface area contributed by atoms with E-state index in [1.807, 2.05) is 24.3 Å². The Morgan fingerprint density at radius 1 is 1.15 bits per heavy atom. The Morgan fingerprint density at radius 3 is 2.78 bits per heavy atom. The molecule has 4 rings (SSSR count). The predicted octanol–water partition coefficient (Wildman–Crippen LogP) is 4.60. The van der Waals surface area contributed by atoms with Gasteiger partial charge in [0.15, 0.2) is 11.7 Å². The van der Waals surface area contributed by atoms with E-state index in [1.165, 1.54) is 11.1 Å². The molecule has 138 valence electrons. The summed E-state index contributed by atoms with van der Waals surface area (Å²) in [6.45, 7) is 0. The van der Waals surface area contributed by atoms with Gasteiger partial charge >= 0.3 is 0 Å². The lowest BCUT2D eigenvalue weighted by Gasteiger charge is -2.25. The molecule has 4 nitrogen and oxygen atoms in total. The fourth-order valence-electron chi connectivity index (χ4n) is 3.55. The van der Waals surface area contributed by atoms with Crippen LogP contribution in [0.1, 0.15) is 29.9 Å². The molecule has 0 saturated heterocycles. The Bertz CT molecular complexity index is 951. The van der Waals surface area contributed by atoms with Gasteiger partial charge in [0.05, 0.1) is 11.2 Å². The van der Waals surface area contributed by atoms with E-state index in [-0.39, 0.29) is 11.9 Å². The summed E-state index contributed by atoms with van der Waals surface area (Å²) in [7, 11) is 0. The highest BCUT2D eigenvalue weighted by Gasteiger charge is 2.20. The molecule has 0 radical (unpaired) electrons. The van der Waals surface area contributed by atoms with Gasteiger partial charge in [0.25, 0.3) is 0 Å². The smallest absolute Gasteiger partial charge is 0.220 e. The Kier molecular flexibility index (Phi) is 5.26. The Hall–Kier alpha value is -2.59. The zero-order valence-electron chi connectivity index (χ0n) is 15.0. The number of fused-ring (bicyclic) bond motifs is 1. The Morgan fingerprint density at radius 2 is 1.93 bits per heavy atom. The van der Waals surface area contributed by atoms with E-state index in [1.54, 1.807) is 6.20 Å². The first kappa shape index (κ1) is 17.8. The number of nitrogens with one attached hydrogen (secondary N) is 1. The number of amides is 1. The summed E-state index contributed by atoms with van der Waals surface area (Å²) in [5.41, 5.74) is 3.55. The van der Waals surface area contributed by atoms with Crippen molar-refractivity contribution in [1.82, 2.24) is 10.3 Å². The molecule has 0 aliphatic heterocycles. The summed E-state index contributed by atoms with van der Waals surface area (Å²) in [6.07, 6.45) is 5.39. The first-order valence-corrected chi connectivity index (χ1v) is 9.62. The molecule has 1 atom stereocenters. The molecule has 1 heterocycles.